The summed E-state index contributed by atoms with van der Waals surface area (Å²) in [5.74, 6) is 0. The third-order valence-corrected chi connectivity index (χ3v) is 9.11. The van der Waals surface area contributed by atoms with Crippen molar-refractivity contribution in [1.29, 1.82) is 0 Å². The number of allylic oxidation sites excluding steroid dienone is 1. The molecule has 142 valence electrons. The first-order valence-electron chi connectivity index (χ1n) is 8.43. The van der Waals surface area contributed by atoms with Gasteiger partial charge in [-0.25, -0.2) is 4.57 Å². The van der Waals surface area contributed by atoms with Gasteiger partial charge in [-0.3, -0.25) is 0 Å². The normalized spacial score (nSPS) is 11.8. The predicted molar refractivity (Wildman–Crippen MR) is 116 cm³/mol. The Morgan fingerprint density at radius 3 is 1.19 bits per heavy atom. The van der Waals surface area contributed by atoms with Gasteiger partial charge in [0, 0.05) is 0 Å². The smallest absolute Gasteiger partial charge is 0.303 e. The molecule has 3 N–H and O–H groups in total. The van der Waals surface area contributed by atoms with E-state index >= 15 is 0 Å². The third kappa shape index (κ3) is 5.97. The first-order valence-corrected chi connectivity index (χ1v) is 12.2. The molecular weight excluding hydrogens is 378 g/mol. The molecule has 0 saturated carbocycles. The molecule has 0 radical (unpaired) electrons. The summed E-state index contributed by atoms with van der Waals surface area (Å²) in [7, 11) is -6.68. The Labute approximate surface area is 160 Å². The summed E-state index contributed by atoms with van der Waals surface area (Å²) in [4.78, 5) is 21.6. The van der Waals surface area contributed by atoms with Crippen LogP contribution in [0, 0.1) is 0 Å². The summed E-state index contributed by atoms with van der Waals surface area (Å²) in [6.45, 7) is 4.06. The minimum Gasteiger partial charge on any atom is -0.303 e. The molecule has 6 heteroatoms. The summed E-state index contributed by atoms with van der Waals surface area (Å²) in [6.07, 6.45) is 3.09. The van der Waals surface area contributed by atoms with Crippen molar-refractivity contribution in [3.05, 3.63) is 104 Å². The number of hydrogen-bond donors (Lipinski definition) is 3. The Kier molecular flexibility index (Phi) is 7.67. The van der Waals surface area contributed by atoms with Crippen molar-refractivity contribution in [1.82, 2.24) is 0 Å². The monoisotopic (exact) mass is 402 g/mol. The third-order valence-electron chi connectivity index (χ3n) is 4.25. The van der Waals surface area contributed by atoms with Gasteiger partial charge in [0.2, 0.25) is 0 Å². The van der Waals surface area contributed by atoms with Crippen LogP contribution in [0.25, 0.3) is 0 Å². The van der Waals surface area contributed by atoms with Crippen molar-refractivity contribution in [3.8, 4) is 0 Å². The molecule has 3 aromatic rings. The first kappa shape index (κ1) is 21.2. The van der Waals surface area contributed by atoms with Crippen LogP contribution in [0.5, 0.6) is 0 Å². The van der Waals surface area contributed by atoms with Gasteiger partial charge >= 0.3 is 141 Å². The van der Waals surface area contributed by atoms with Crippen LogP contribution < -0.4 is 15.9 Å². The summed E-state index contributed by atoms with van der Waals surface area (Å²) >= 11 is 0. The molecule has 3 aromatic carbocycles. The fourth-order valence-corrected chi connectivity index (χ4v) is 7.66. The summed E-state index contributed by atoms with van der Waals surface area (Å²) in [6, 6.07) is 32.8. The average Bonchev–Trinajstić information content (AvgIpc) is 2.67. The van der Waals surface area contributed by atoms with Crippen LogP contribution in [-0.4, -0.2) is 20.8 Å². The zero-order valence-corrected chi connectivity index (χ0v) is 16.7. The Balaban J connectivity index is 0.000000465. The van der Waals surface area contributed by atoms with Gasteiger partial charge in [-0.1, -0.05) is 0 Å². The molecule has 0 fully saturated rings. The summed E-state index contributed by atoms with van der Waals surface area (Å²) in [5, 5.41) is 4.31. The van der Waals surface area contributed by atoms with Crippen LogP contribution >= 0.6 is 15.1 Å². The van der Waals surface area contributed by atoms with Crippen molar-refractivity contribution in [2.45, 2.75) is 0 Å². The van der Waals surface area contributed by atoms with Gasteiger partial charge < -0.3 is 14.7 Å². The zero-order chi connectivity index (χ0) is 19.8. The number of hydrogen-bond acceptors (Lipinski definition) is 1. The SMILES string of the molecule is C=CC[PH](c1ccccc1)(c1ccccc1)c1ccccc1.O=P(O)(O)O. The van der Waals surface area contributed by atoms with E-state index in [4.69, 9.17) is 19.2 Å². The van der Waals surface area contributed by atoms with E-state index in [-0.39, 0.29) is 0 Å². The fraction of sp³-hybridized carbons (Fsp3) is 0.0476. The van der Waals surface area contributed by atoms with Gasteiger partial charge in [0.25, 0.3) is 0 Å². The van der Waals surface area contributed by atoms with E-state index in [9.17, 15) is 0 Å². The molecule has 0 aliphatic heterocycles. The molecule has 27 heavy (non-hydrogen) atoms. The van der Waals surface area contributed by atoms with Crippen LogP contribution in [-0.2, 0) is 4.57 Å². The maximum Gasteiger partial charge on any atom is 0.466 e. The second-order valence-corrected chi connectivity index (χ2v) is 11.0. The standard InChI is InChI=1S/C21H21P.H3O4P/c1-2-18-22(19-12-6-3-7-13-19,20-14-8-4-9-15-20)21-16-10-5-11-17-21;1-5(2,3)4/h2-17,22H,1,18H2;(H3,1,2,3,4). The minimum absolute atomic E-state index is 1.00. The van der Waals surface area contributed by atoms with Crippen LogP contribution in [0.2, 0.25) is 0 Å². The maximum atomic E-state index is 8.88. The largest absolute Gasteiger partial charge is 0.466 e. The molecule has 0 saturated heterocycles. The van der Waals surface area contributed by atoms with E-state index in [2.05, 4.69) is 104 Å². The second-order valence-electron chi connectivity index (χ2n) is 6.01. The number of benzene rings is 3. The molecule has 0 heterocycles. The van der Waals surface area contributed by atoms with E-state index in [1.54, 1.807) is 0 Å². The quantitative estimate of drug-likeness (QED) is 0.453. The van der Waals surface area contributed by atoms with Crippen LogP contribution in [0.1, 0.15) is 0 Å². The molecule has 0 aliphatic carbocycles. The predicted octanol–water partition coefficient (Wildman–Crippen LogP) is 2.97. The minimum atomic E-state index is -4.64. The van der Waals surface area contributed by atoms with Crippen molar-refractivity contribution in [2.75, 3.05) is 6.16 Å². The van der Waals surface area contributed by atoms with Crippen LogP contribution in [0.3, 0.4) is 0 Å². The van der Waals surface area contributed by atoms with Crippen molar-refractivity contribution in [3.63, 3.8) is 0 Å². The second kappa shape index (κ2) is 9.75. The van der Waals surface area contributed by atoms with E-state index in [1.165, 1.54) is 15.9 Å². The Morgan fingerprint density at radius 2 is 0.963 bits per heavy atom. The molecule has 0 aromatic heterocycles. The molecule has 0 spiro atoms. The Morgan fingerprint density at radius 1 is 0.704 bits per heavy atom. The van der Waals surface area contributed by atoms with Gasteiger partial charge in [-0.05, 0) is 0 Å². The number of rotatable bonds is 5. The van der Waals surface area contributed by atoms with Gasteiger partial charge in [-0.2, -0.15) is 0 Å². The van der Waals surface area contributed by atoms with Crippen LogP contribution in [0.15, 0.2) is 104 Å². The topological polar surface area (TPSA) is 77.8 Å². The molecule has 0 amide bonds. The van der Waals surface area contributed by atoms with E-state index in [0.29, 0.717) is 0 Å². The van der Waals surface area contributed by atoms with Gasteiger partial charge in [0.05, 0.1) is 0 Å². The van der Waals surface area contributed by atoms with E-state index in [1.807, 2.05) is 0 Å². The molecule has 0 bridgehead atoms. The average molecular weight is 402 g/mol. The van der Waals surface area contributed by atoms with Gasteiger partial charge in [-0.15, -0.1) is 0 Å². The zero-order valence-electron chi connectivity index (χ0n) is 14.8. The molecular formula is C21H24O4P2. The summed E-state index contributed by atoms with van der Waals surface area (Å²) < 4.78 is 8.88. The van der Waals surface area contributed by atoms with Crippen molar-refractivity contribution in [2.24, 2.45) is 0 Å². The van der Waals surface area contributed by atoms with Crippen LogP contribution in [0.4, 0.5) is 0 Å². The first-order chi connectivity index (χ1) is 12.9. The van der Waals surface area contributed by atoms with Crippen molar-refractivity contribution >= 4 is 31.0 Å². The van der Waals surface area contributed by atoms with Gasteiger partial charge in [0.15, 0.2) is 0 Å². The van der Waals surface area contributed by atoms with E-state index < -0.39 is 15.1 Å². The molecule has 3 rings (SSSR count). The molecule has 0 atom stereocenters. The molecule has 0 unspecified atom stereocenters. The summed E-state index contributed by atoms with van der Waals surface area (Å²) in [5.41, 5.74) is 0. The number of phosphoric acid groups is 1. The molecule has 4 nitrogen and oxygen atoms in total. The van der Waals surface area contributed by atoms with Gasteiger partial charge in [0.1, 0.15) is 0 Å². The Bertz CT molecular complexity index is 773. The maximum absolute atomic E-state index is 8.88. The van der Waals surface area contributed by atoms with Crippen molar-refractivity contribution < 1.29 is 19.2 Å². The fourth-order valence-electron chi connectivity index (χ4n) is 3.24. The molecule has 0 aliphatic rings. The van der Waals surface area contributed by atoms with E-state index in [0.717, 1.165) is 6.16 Å². The Hall–Kier alpha value is -2.06.